The summed E-state index contributed by atoms with van der Waals surface area (Å²) in [5.74, 6) is 1.62. The van der Waals surface area contributed by atoms with Crippen molar-refractivity contribution in [2.45, 2.75) is 18.6 Å². The minimum Gasteiger partial charge on any atom is -0.497 e. The number of nitrogens with one attached hydrogen (secondary N) is 1. The third-order valence-electron chi connectivity index (χ3n) is 3.27. The average molecular weight is 232 g/mol. The number of fused-ring (bicyclic) bond motifs is 1. The maximum absolute atomic E-state index is 5.89. The first-order chi connectivity index (χ1) is 8.36. The lowest BCUT2D eigenvalue weighted by atomic mass is 10.1. The Kier molecular flexibility index (Phi) is 2.73. The van der Waals surface area contributed by atoms with Gasteiger partial charge in [0.25, 0.3) is 0 Å². The monoisotopic (exact) mass is 232 g/mol. The van der Waals surface area contributed by atoms with Crippen LogP contribution in [0.4, 0.5) is 0 Å². The highest BCUT2D eigenvalue weighted by Crippen LogP contribution is 2.23. The van der Waals surface area contributed by atoms with Crippen LogP contribution in [0.15, 0.2) is 29.3 Å². The number of rotatable bonds is 2. The SMILES string of the molecule is COc1ccc(C2=NC3CNCCC3O2)cc1. The zero-order valence-corrected chi connectivity index (χ0v) is 9.85. The Morgan fingerprint density at radius 1 is 1.35 bits per heavy atom. The second-order valence-corrected chi connectivity index (χ2v) is 4.38. The van der Waals surface area contributed by atoms with Crippen molar-refractivity contribution in [1.29, 1.82) is 0 Å². The van der Waals surface area contributed by atoms with Gasteiger partial charge in [0.2, 0.25) is 5.90 Å². The van der Waals surface area contributed by atoms with Crippen LogP contribution in [-0.2, 0) is 4.74 Å². The van der Waals surface area contributed by atoms with Gasteiger partial charge in [-0.2, -0.15) is 0 Å². The highest BCUT2D eigenvalue weighted by molar-refractivity contribution is 5.95. The Morgan fingerprint density at radius 3 is 2.88 bits per heavy atom. The molecule has 4 nitrogen and oxygen atoms in total. The molecule has 2 aliphatic heterocycles. The van der Waals surface area contributed by atoms with Crippen LogP contribution in [0, 0.1) is 0 Å². The molecule has 1 fully saturated rings. The molecule has 0 saturated carbocycles. The van der Waals surface area contributed by atoms with Crippen LogP contribution in [0.1, 0.15) is 12.0 Å². The number of aliphatic imine (C=N–C) groups is 1. The van der Waals surface area contributed by atoms with E-state index < -0.39 is 0 Å². The van der Waals surface area contributed by atoms with Gasteiger partial charge < -0.3 is 14.8 Å². The molecule has 4 heteroatoms. The molecule has 0 amide bonds. The molecule has 90 valence electrons. The second-order valence-electron chi connectivity index (χ2n) is 4.38. The molecule has 1 aromatic rings. The van der Waals surface area contributed by atoms with E-state index in [4.69, 9.17) is 9.47 Å². The first-order valence-electron chi connectivity index (χ1n) is 5.96. The van der Waals surface area contributed by atoms with Gasteiger partial charge >= 0.3 is 0 Å². The molecule has 2 atom stereocenters. The van der Waals surface area contributed by atoms with Gasteiger partial charge in [0.05, 0.1) is 7.11 Å². The van der Waals surface area contributed by atoms with E-state index in [0.717, 1.165) is 36.7 Å². The molecule has 17 heavy (non-hydrogen) atoms. The smallest absolute Gasteiger partial charge is 0.216 e. The third kappa shape index (κ3) is 2.00. The topological polar surface area (TPSA) is 42.8 Å². The van der Waals surface area contributed by atoms with Gasteiger partial charge in [0.15, 0.2) is 0 Å². The predicted octanol–water partition coefficient (Wildman–Crippen LogP) is 1.20. The molecular weight excluding hydrogens is 216 g/mol. The molecule has 1 saturated heterocycles. The van der Waals surface area contributed by atoms with E-state index >= 15 is 0 Å². The van der Waals surface area contributed by atoms with Crippen LogP contribution in [0.5, 0.6) is 5.75 Å². The Balaban J connectivity index is 1.80. The molecule has 2 heterocycles. The first-order valence-corrected chi connectivity index (χ1v) is 5.96. The van der Waals surface area contributed by atoms with E-state index in [0.29, 0.717) is 0 Å². The average Bonchev–Trinajstić information content (AvgIpc) is 2.82. The lowest BCUT2D eigenvalue weighted by Gasteiger charge is -2.23. The molecule has 0 aromatic heterocycles. The van der Waals surface area contributed by atoms with Crippen molar-refractivity contribution in [3.05, 3.63) is 29.8 Å². The molecule has 2 aliphatic rings. The zero-order valence-electron chi connectivity index (χ0n) is 9.85. The number of piperidine rings is 1. The van der Waals surface area contributed by atoms with Gasteiger partial charge in [-0.25, -0.2) is 4.99 Å². The second kappa shape index (κ2) is 4.37. The van der Waals surface area contributed by atoms with Crippen LogP contribution in [0.2, 0.25) is 0 Å². The van der Waals surface area contributed by atoms with Crippen molar-refractivity contribution >= 4 is 5.90 Å². The molecule has 3 rings (SSSR count). The van der Waals surface area contributed by atoms with Crippen molar-refractivity contribution in [1.82, 2.24) is 5.32 Å². The van der Waals surface area contributed by atoms with Gasteiger partial charge in [0.1, 0.15) is 17.9 Å². The highest BCUT2D eigenvalue weighted by Gasteiger charge is 2.33. The van der Waals surface area contributed by atoms with Crippen LogP contribution in [0.3, 0.4) is 0 Å². The molecule has 0 radical (unpaired) electrons. The lowest BCUT2D eigenvalue weighted by molar-refractivity contribution is 0.161. The van der Waals surface area contributed by atoms with Crippen molar-refractivity contribution in [3.63, 3.8) is 0 Å². The summed E-state index contributed by atoms with van der Waals surface area (Å²) in [6.07, 6.45) is 1.29. The maximum Gasteiger partial charge on any atom is 0.216 e. The van der Waals surface area contributed by atoms with Crippen molar-refractivity contribution in [2.75, 3.05) is 20.2 Å². The van der Waals surface area contributed by atoms with E-state index in [1.807, 2.05) is 24.3 Å². The number of methoxy groups -OCH3 is 1. The van der Waals surface area contributed by atoms with Crippen LogP contribution in [-0.4, -0.2) is 38.2 Å². The summed E-state index contributed by atoms with van der Waals surface area (Å²) in [5.41, 5.74) is 1.03. The summed E-state index contributed by atoms with van der Waals surface area (Å²) < 4.78 is 11.0. The third-order valence-corrected chi connectivity index (χ3v) is 3.27. The van der Waals surface area contributed by atoms with Gasteiger partial charge in [-0.1, -0.05) is 0 Å². The van der Waals surface area contributed by atoms with Crippen molar-refractivity contribution in [3.8, 4) is 5.75 Å². The number of ether oxygens (including phenoxy) is 2. The fourth-order valence-corrected chi connectivity index (χ4v) is 2.28. The summed E-state index contributed by atoms with van der Waals surface area (Å²) in [7, 11) is 1.67. The van der Waals surface area contributed by atoms with Gasteiger partial charge in [-0.05, 0) is 37.2 Å². The predicted molar refractivity (Wildman–Crippen MR) is 65.7 cm³/mol. The summed E-state index contributed by atoms with van der Waals surface area (Å²) in [6.45, 7) is 1.94. The zero-order chi connectivity index (χ0) is 11.7. The number of nitrogens with zero attached hydrogens (tertiary/aromatic N) is 1. The molecular formula is C13H16N2O2. The summed E-state index contributed by atoms with van der Waals surface area (Å²) >= 11 is 0. The van der Waals surface area contributed by atoms with E-state index in [-0.39, 0.29) is 12.1 Å². The Morgan fingerprint density at radius 2 is 2.18 bits per heavy atom. The summed E-state index contributed by atoms with van der Waals surface area (Å²) in [4.78, 5) is 4.63. The fraction of sp³-hybridized carbons (Fsp3) is 0.462. The van der Waals surface area contributed by atoms with E-state index in [2.05, 4.69) is 10.3 Å². The Bertz CT molecular complexity index is 428. The molecule has 1 N–H and O–H groups in total. The minimum absolute atomic E-state index is 0.258. The normalized spacial score (nSPS) is 27.0. The quantitative estimate of drug-likeness (QED) is 0.833. The summed E-state index contributed by atoms with van der Waals surface area (Å²) in [6, 6.07) is 8.12. The molecule has 0 aliphatic carbocycles. The Hall–Kier alpha value is -1.55. The van der Waals surface area contributed by atoms with Gasteiger partial charge in [-0.15, -0.1) is 0 Å². The van der Waals surface area contributed by atoms with Crippen molar-refractivity contribution < 1.29 is 9.47 Å². The molecule has 1 aromatic carbocycles. The molecule has 0 bridgehead atoms. The van der Waals surface area contributed by atoms with Crippen LogP contribution in [0.25, 0.3) is 0 Å². The van der Waals surface area contributed by atoms with Crippen molar-refractivity contribution in [2.24, 2.45) is 4.99 Å². The number of benzene rings is 1. The fourth-order valence-electron chi connectivity index (χ4n) is 2.28. The minimum atomic E-state index is 0.258. The van der Waals surface area contributed by atoms with E-state index in [1.54, 1.807) is 7.11 Å². The molecule has 2 unspecified atom stereocenters. The Labute approximate surface area is 101 Å². The van der Waals surface area contributed by atoms with E-state index in [1.165, 1.54) is 0 Å². The van der Waals surface area contributed by atoms with Gasteiger partial charge in [-0.3, -0.25) is 0 Å². The van der Waals surface area contributed by atoms with E-state index in [9.17, 15) is 0 Å². The maximum atomic E-state index is 5.89. The standard InChI is InChI=1S/C13H16N2O2/c1-16-10-4-2-9(3-5-10)13-15-11-8-14-7-6-12(11)17-13/h2-5,11-12,14H,6-8H2,1H3. The highest BCUT2D eigenvalue weighted by atomic mass is 16.5. The molecule has 0 spiro atoms. The number of hydrogen-bond donors (Lipinski definition) is 1. The van der Waals surface area contributed by atoms with Crippen LogP contribution >= 0.6 is 0 Å². The lowest BCUT2D eigenvalue weighted by Crippen LogP contribution is -2.41. The summed E-state index contributed by atoms with van der Waals surface area (Å²) in [5, 5.41) is 3.34. The number of hydrogen-bond acceptors (Lipinski definition) is 4. The largest absolute Gasteiger partial charge is 0.497 e. The van der Waals surface area contributed by atoms with Gasteiger partial charge in [0, 0.05) is 12.1 Å². The van der Waals surface area contributed by atoms with Crippen LogP contribution < -0.4 is 10.1 Å². The first kappa shape index (κ1) is 10.6.